The lowest BCUT2D eigenvalue weighted by molar-refractivity contribution is -0.139. The van der Waals surface area contributed by atoms with E-state index in [1.807, 2.05) is 50.3 Å². The molecule has 20 heavy (non-hydrogen) atoms. The minimum Gasteiger partial charge on any atom is -0.462 e. The Balaban J connectivity index is 3.01. The molecule has 0 spiro atoms. The molecule has 0 radical (unpaired) electrons. The molecule has 2 heteroatoms. The second-order valence-electron chi connectivity index (χ2n) is 5.23. The summed E-state index contributed by atoms with van der Waals surface area (Å²) in [6.45, 7) is 6.19. The van der Waals surface area contributed by atoms with Crippen LogP contribution in [0.15, 0.2) is 35.9 Å². The number of rotatable bonds is 6. The number of hydrogen-bond acceptors (Lipinski definition) is 2. The molecule has 2 nitrogen and oxygen atoms in total. The van der Waals surface area contributed by atoms with E-state index >= 15 is 0 Å². The van der Waals surface area contributed by atoms with Crippen molar-refractivity contribution in [2.45, 2.75) is 33.6 Å². The van der Waals surface area contributed by atoms with Gasteiger partial charge in [-0.2, -0.15) is 0 Å². The van der Waals surface area contributed by atoms with Gasteiger partial charge in [0.25, 0.3) is 0 Å². The summed E-state index contributed by atoms with van der Waals surface area (Å²) in [5.41, 5.74) is 0.805. The summed E-state index contributed by atoms with van der Waals surface area (Å²) in [6.07, 6.45) is 9.22. The van der Waals surface area contributed by atoms with Gasteiger partial charge < -0.3 is 4.74 Å². The van der Waals surface area contributed by atoms with Crippen LogP contribution >= 0.6 is 0 Å². The van der Waals surface area contributed by atoms with E-state index in [0.29, 0.717) is 12.2 Å². The first kappa shape index (κ1) is 16.0. The highest BCUT2D eigenvalue weighted by Gasteiger charge is 2.27. The van der Waals surface area contributed by atoms with Crippen molar-refractivity contribution in [2.75, 3.05) is 6.61 Å². The quantitative estimate of drug-likeness (QED) is 0.337. The third kappa shape index (κ3) is 4.59. The van der Waals surface area contributed by atoms with Crippen LogP contribution in [0, 0.1) is 17.8 Å². The number of terminal acetylenes is 1. The average molecular weight is 270 g/mol. The van der Waals surface area contributed by atoms with Gasteiger partial charge in [-0.3, -0.25) is 0 Å². The SMILES string of the molecule is C#CC(C)(C)C(=Cc1ccccc1)C(=O)OCCCC. The summed E-state index contributed by atoms with van der Waals surface area (Å²) in [5.74, 6) is 2.34. The van der Waals surface area contributed by atoms with Crippen molar-refractivity contribution in [3.8, 4) is 12.3 Å². The van der Waals surface area contributed by atoms with Crippen molar-refractivity contribution in [3.05, 3.63) is 41.5 Å². The Hall–Kier alpha value is -2.01. The molecule has 0 aliphatic heterocycles. The molecule has 0 amide bonds. The van der Waals surface area contributed by atoms with Crippen LogP contribution in [0.25, 0.3) is 6.08 Å². The van der Waals surface area contributed by atoms with Crippen molar-refractivity contribution in [3.63, 3.8) is 0 Å². The molecule has 0 bridgehead atoms. The van der Waals surface area contributed by atoms with E-state index in [0.717, 1.165) is 18.4 Å². The van der Waals surface area contributed by atoms with Gasteiger partial charge in [0.2, 0.25) is 0 Å². The predicted octanol–water partition coefficient (Wildman–Crippen LogP) is 4.07. The number of hydrogen-bond donors (Lipinski definition) is 0. The maximum Gasteiger partial charge on any atom is 0.335 e. The van der Waals surface area contributed by atoms with Crippen LogP contribution in [-0.4, -0.2) is 12.6 Å². The summed E-state index contributed by atoms with van der Waals surface area (Å²) in [5, 5.41) is 0. The highest BCUT2D eigenvalue weighted by molar-refractivity contribution is 5.95. The van der Waals surface area contributed by atoms with E-state index < -0.39 is 5.41 Å². The molecular formula is C18H22O2. The van der Waals surface area contributed by atoms with Crippen LogP contribution in [0.5, 0.6) is 0 Å². The fraction of sp³-hybridized carbons (Fsp3) is 0.389. The smallest absolute Gasteiger partial charge is 0.335 e. The Morgan fingerprint density at radius 1 is 1.35 bits per heavy atom. The van der Waals surface area contributed by atoms with Gasteiger partial charge in [0, 0.05) is 0 Å². The Bertz CT molecular complexity index is 504. The van der Waals surface area contributed by atoms with E-state index in [-0.39, 0.29) is 5.97 Å². The predicted molar refractivity (Wildman–Crippen MR) is 82.9 cm³/mol. The first-order valence-corrected chi connectivity index (χ1v) is 6.93. The molecule has 0 aliphatic carbocycles. The summed E-state index contributed by atoms with van der Waals surface area (Å²) in [6, 6.07) is 9.66. The molecule has 0 N–H and O–H groups in total. The van der Waals surface area contributed by atoms with Gasteiger partial charge in [0.05, 0.1) is 17.6 Å². The lowest BCUT2D eigenvalue weighted by Crippen LogP contribution is -2.22. The van der Waals surface area contributed by atoms with E-state index in [9.17, 15) is 4.79 Å². The van der Waals surface area contributed by atoms with Gasteiger partial charge >= 0.3 is 5.97 Å². The molecule has 0 heterocycles. The van der Waals surface area contributed by atoms with Gasteiger partial charge in [-0.15, -0.1) is 6.42 Å². The van der Waals surface area contributed by atoms with Gasteiger partial charge in [0.15, 0.2) is 0 Å². The first-order valence-electron chi connectivity index (χ1n) is 6.93. The number of carbonyl (C=O) groups excluding carboxylic acids is 1. The second kappa shape index (κ2) is 7.55. The summed E-state index contributed by atoms with van der Waals surface area (Å²) in [4.78, 5) is 12.2. The molecule has 0 aliphatic rings. The average Bonchev–Trinajstić information content (AvgIpc) is 2.46. The van der Waals surface area contributed by atoms with E-state index in [1.165, 1.54) is 0 Å². The van der Waals surface area contributed by atoms with Crippen LogP contribution in [0.3, 0.4) is 0 Å². The monoisotopic (exact) mass is 270 g/mol. The molecule has 0 saturated heterocycles. The number of esters is 1. The number of ether oxygens (including phenoxy) is 1. The summed E-state index contributed by atoms with van der Waals surface area (Å²) < 4.78 is 5.30. The summed E-state index contributed by atoms with van der Waals surface area (Å²) in [7, 11) is 0. The third-order valence-electron chi connectivity index (χ3n) is 3.10. The Morgan fingerprint density at radius 2 is 2.00 bits per heavy atom. The topological polar surface area (TPSA) is 26.3 Å². The number of unbranched alkanes of at least 4 members (excludes halogenated alkanes) is 1. The van der Waals surface area contributed by atoms with E-state index in [2.05, 4.69) is 12.8 Å². The lowest BCUT2D eigenvalue weighted by atomic mass is 9.84. The molecule has 0 saturated carbocycles. The van der Waals surface area contributed by atoms with Gasteiger partial charge in [-0.25, -0.2) is 4.79 Å². The number of carbonyl (C=O) groups is 1. The van der Waals surface area contributed by atoms with E-state index in [1.54, 1.807) is 0 Å². The van der Waals surface area contributed by atoms with Crippen molar-refractivity contribution in [2.24, 2.45) is 5.41 Å². The minimum atomic E-state index is -0.654. The van der Waals surface area contributed by atoms with Crippen LogP contribution < -0.4 is 0 Å². The third-order valence-corrected chi connectivity index (χ3v) is 3.10. The van der Waals surface area contributed by atoms with E-state index in [4.69, 9.17) is 11.2 Å². The molecule has 0 unspecified atom stereocenters. The van der Waals surface area contributed by atoms with Crippen LogP contribution in [0.1, 0.15) is 39.2 Å². The van der Waals surface area contributed by atoms with Crippen molar-refractivity contribution < 1.29 is 9.53 Å². The minimum absolute atomic E-state index is 0.328. The number of benzene rings is 1. The van der Waals surface area contributed by atoms with Crippen LogP contribution in [0.4, 0.5) is 0 Å². The zero-order valence-electron chi connectivity index (χ0n) is 12.5. The standard InChI is InChI=1S/C18H22O2/c1-5-7-13-20-17(19)16(18(3,4)6-2)14-15-11-9-8-10-12-15/h2,8-12,14H,5,7,13H2,1,3-4H3. The second-order valence-corrected chi connectivity index (χ2v) is 5.23. The first-order chi connectivity index (χ1) is 9.51. The van der Waals surface area contributed by atoms with Crippen LogP contribution in [0.2, 0.25) is 0 Å². The molecule has 1 aromatic rings. The highest BCUT2D eigenvalue weighted by Crippen LogP contribution is 2.28. The zero-order chi connectivity index (χ0) is 15.0. The van der Waals surface area contributed by atoms with Crippen molar-refractivity contribution in [1.82, 2.24) is 0 Å². The van der Waals surface area contributed by atoms with Gasteiger partial charge in [0.1, 0.15) is 0 Å². The van der Waals surface area contributed by atoms with Gasteiger partial charge in [-0.05, 0) is 31.9 Å². The summed E-state index contributed by atoms with van der Waals surface area (Å²) >= 11 is 0. The molecule has 0 atom stereocenters. The molecule has 106 valence electrons. The maximum atomic E-state index is 12.2. The fourth-order valence-corrected chi connectivity index (χ4v) is 1.68. The molecule has 1 aromatic carbocycles. The van der Waals surface area contributed by atoms with Crippen molar-refractivity contribution >= 4 is 12.0 Å². The molecule has 0 fully saturated rings. The fourth-order valence-electron chi connectivity index (χ4n) is 1.68. The largest absolute Gasteiger partial charge is 0.462 e. The lowest BCUT2D eigenvalue weighted by Gasteiger charge is -2.21. The molecule has 0 aromatic heterocycles. The highest BCUT2D eigenvalue weighted by atomic mass is 16.5. The molecule has 1 rings (SSSR count). The normalized spacial score (nSPS) is 11.8. The zero-order valence-corrected chi connectivity index (χ0v) is 12.5. The maximum absolute atomic E-state index is 12.2. The van der Waals surface area contributed by atoms with Crippen LogP contribution in [-0.2, 0) is 9.53 Å². The Kier molecular flexibility index (Phi) is 6.06. The van der Waals surface area contributed by atoms with Crippen molar-refractivity contribution in [1.29, 1.82) is 0 Å². The Morgan fingerprint density at radius 3 is 2.55 bits per heavy atom. The molecular weight excluding hydrogens is 248 g/mol. The Labute approximate surface area is 121 Å². The van der Waals surface area contributed by atoms with Gasteiger partial charge in [-0.1, -0.05) is 49.6 Å².